The zero-order valence-electron chi connectivity index (χ0n) is 34.9. The molecule has 0 fully saturated rings. The van der Waals surface area contributed by atoms with Crippen molar-refractivity contribution in [2.75, 3.05) is 0 Å². The molecule has 4 heterocycles. The normalized spacial score (nSPS) is 12.0. The van der Waals surface area contributed by atoms with Gasteiger partial charge in [-0.3, -0.25) is 0 Å². The average molecular weight is 830 g/mol. The standard InChI is InChI=1S/C59H35N5O/c1-2-18-42(19-3-1)63-51-23-11-8-20-44(51)46-29-28-41(33-53(46)63)58-60-57(40-27-26-36-14-4-5-15-37(36)30-40)61-59(62-58)50-35-43(34-49-47-22-10-13-25-55(47)65-56(49)50)64-52-24-12-9-21-45(52)48-31-38-16-6-7-17-39(38)32-54(48)64/h1-35H. The van der Waals surface area contributed by atoms with E-state index in [0.29, 0.717) is 17.5 Å². The minimum Gasteiger partial charge on any atom is -0.455 e. The van der Waals surface area contributed by atoms with Crippen LogP contribution in [0.5, 0.6) is 0 Å². The van der Waals surface area contributed by atoms with E-state index in [4.69, 9.17) is 19.4 Å². The van der Waals surface area contributed by atoms with Crippen molar-refractivity contribution in [3.63, 3.8) is 0 Å². The maximum absolute atomic E-state index is 6.83. The summed E-state index contributed by atoms with van der Waals surface area (Å²) in [6.45, 7) is 0. The quantitative estimate of drug-likeness (QED) is 0.173. The van der Waals surface area contributed by atoms with Crippen LogP contribution in [-0.4, -0.2) is 24.1 Å². The molecule has 0 saturated carbocycles. The van der Waals surface area contributed by atoms with E-state index >= 15 is 0 Å². The van der Waals surface area contributed by atoms with Gasteiger partial charge in [-0.15, -0.1) is 0 Å². The molecule has 0 bridgehead atoms. The second kappa shape index (κ2) is 13.8. The zero-order chi connectivity index (χ0) is 42.6. The number of para-hydroxylation sites is 4. The van der Waals surface area contributed by atoms with Gasteiger partial charge < -0.3 is 13.6 Å². The number of nitrogens with zero attached hydrogens (tertiary/aromatic N) is 5. The van der Waals surface area contributed by atoms with Crippen LogP contribution >= 0.6 is 0 Å². The van der Waals surface area contributed by atoms with Gasteiger partial charge in [0.25, 0.3) is 0 Å². The molecule has 0 saturated heterocycles. The largest absolute Gasteiger partial charge is 0.455 e. The summed E-state index contributed by atoms with van der Waals surface area (Å²) < 4.78 is 11.5. The predicted molar refractivity (Wildman–Crippen MR) is 267 cm³/mol. The van der Waals surface area contributed by atoms with Crippen molar-refractivity contribution in [1.82, 2.24) is 24.1 Å². The van der Waals surface area contributed by atoms with E-state index < -0.39 is 0 Å². The molecule has 4 aromatic heterocycles. The monoisotopic (exact) mass is 829 g/mol. The van der Waals surface area contributed by atoms with Gasteiger partial charge in [-0.05, 0) is 88.3 Å². The Morgan fingerprint density at radius 2 is 0.846 bits per heavy atom. The molecule has 0 N–H and O–H groups in total. The molecule has 0 radical (unpaired) electrons. The van der Waals surface area contributed by atoms with Crippen LogP contribution in [0, 0.1) is 0 Å². The molecule has 0 spiro atoms. The third-order valence-electron chi connectivity index (χ3n) is 13.1. The molecule has 0 unspecified atom stereocenters. The number of hydrogen-bond donors (Lipinski definition) is 0. The molecule has 14 aromatic rings. The van der Waals surface area contributed by atoms with Gasteiger partial charge in [0.2, 0.25) is 0 Å². The summed E-state index contributed by atoms with van der Waals surface area (Å²) >= 11 is 0. The van der Waals surface area contributed by atoms with E-state index in [0.717, 1.165) is 88.2 Å². The molecular weight excluding hydrogens is 795 g/mol. The molecule has 0 amide bonds. The van der Waals surface area contributed by atoms with Crippen LogP contribution < -0.4 is 0 Å². The molecule has 0 atom stereocenters. The molecule has 14 rings (SSSR count). The van der Waals surface area contributed by atoms with Gasteiger partial charge in [-0.25, -0.2) is 15.0 Å². The lowest BCUT2D eigenvalue weighted by molar-refractivity contribution is 0.669. The lowest BCUT2D eigenvalue weighted by atomic mass is 10.0. The summed E-state index contributed by atoms with van der Waals surface area (Å²) in [6.07, 6.45) is 0. The van der Waals surface area contributed by atoms with Crippen molar-refractivity contribution in [3.05, 3.63) is 212 Å². The van der Waals surface area contributed by atoms with Crippen LogP contribution in [0.1, 0.15) is 0 Å². The van der Waals surface area contributed by atoms with Crippen molar-refractivity contribution in [2.24, 2.45) is 0 Å². The molecule has 0 aliphatic heterocycles. The summed E-state index contributed by atoms with van der Waals surface area (Å²) in [5, 5.41) is 11.4. The van der Waals surface area contributed by atoms with Crippen LogP contribution in [0.25, 0.3) is 133 Å². The molecule has 6 heteroatoms. The van der Waals surface area contributed by atoms with Gasteiger partial charge in [0.15, 0.2) is 17.5 Å². The zero-order valence-corrected chi connectivity index (χ0v) is 34.9. The summed E-state index contributed by atoms with van der Waals surface area (Å²) in [6, 6.07) is 75.1. The lowest BCUT2D eigenvalue weighted by Crippen LogP contribution is -2.02. The Kier molecular flexibility index (Phi) is 7.59. The summed E-state index contributed by atoms with van der Waals surface area (Å²) in [4.78, 5) is 16.1. The summed E-state index contributed by atoms with van der Waals surface area (Å²) in [5.74, 6) is 1.68. The highest BCUT2D eigenvalue weighted by Gasteiger charge is 2.23. The molecule has 0 aliphatic rings. The third-order valence-corrected chi connectivity index (χ3v) is 13.1. The van der Waals surface area contributed by atoms with Gasteiger partial charge in [0, 0.05) is 54.8 Å². The Bertz CT molecular complexity index is 4250. The van der Waals surface area contributed by atoms with Crippen molar-refractivity contribution in [3.8, 4) is 45.5 Å². The molecular formula is C59H35N5O. The van der Waals surface area contributed by atoms with Crippen molar-refractivity contribution in [2.45, 2.75) is 0 Å². The molecule has 302 valence electrons. The highest BCUT2D eigenvalue weighted by atomic mass is 16.3. The van der Waals surface area contributed by atoms with Crippen LogP contribution in [0.4, 0.5) is 0 Å². The van der Waals surface area contributed by atoms with Crippen molar-refractivity contribution in [1.29, 1.82) is 0 Å². The number of hydrogen-bond acceptors (Lipinski definition) is 4. The first kappa shape index (κ1) is 35.7. The van der Waals surface area contributed by atoms with Gasteiger partial charge in [-0.1, -0.05) is 146 Å². The van der Waals surface area contributed by atoms with Gasteiger partial charge in [-0.2, -0.15) is 0 Å². The minimum atomic E-state index is 0.527. The maximum Gasteiger partial charge on any atom is 0.167 e. The fourth-order valence-electron chi connectivity index (χ4n) is 10.1. The number of furan rings is 1. The lowest BCUT2D eigenvalue weighted by Gasteiger charge is -2.13. The maximum atomic E-state index is 6.83. The minimum absolute atomic E-state index is 0.527. The second-order valence-electron chi connectivity index (χ2n) is 16.8. The van der Waals surface area contributed by atoms with Crippen LogP contribution in [0.3, 0.4) is 0 Å². The highest BCUT2D eigenvalue weighted by Crippen LogP contribution is 2.42. The Balaban J connectivity index is 1.07. The van der Waals surface area contributed by atoms with Gasteiger partial charge >= 0.3 is 0 Å². The van der Waals surface area contributed by atoms with Crippen LogP contribution in [-0.2, 0) is 0 Å². The van der Waals surface area contributed by atoms with Gasteiger partial charge in [0.05, 0.1) is 27.6 Å². The van der Waals surface area contributed by atoms with E-state index in [1.165, 1.54) is 26.9 Å². The molecule has 6 nitrogen and oxygen atoms in total. The Hall–Kier alpha value is -8.87. The first-order valence-electron chi connectivity index (χ1n) is 21.9. The second-order valence-corrected chi connectivity index (χ2v) is 16.8. The topological polar surface area (TPSA) is 61.7 Å². The average Bonchev–Trinajstić information content (AvgIpc) is 4.02. The van der Waals surface area contributed by atoms with Gasteiger partial charge in [0.1, 0.15) is 11.2 Å². The summed E-state index contributed by atoms with van der Waals surface area (Å²) in [5.41, 5.74) is 10.6. The fraction of sp³-hybridized carbons (Fsp3) is 0. The number of fused-ring (bicyclic) bond motifs is 11. The van der Waals surface area contributed by atoms with E-state index in [1.807, 2.05) is 12.1 Å². The highest BCUT2D eigenvalue weighted by molar-refractivity contribution is 6.15. The summed E-state index contributed by atoms with van der Waals surface area (Å²) in [7, 11) is 0. The number of aromatic nitrogens is 5. The van der Waals surface area contributed by atoms with Crippen LogP contribution in [0.2, 0.25) is 0 Å². The van der Waals surface area contributed by atoms with Crippen molar-refractivity contribution < 1.29 is 4.42 Å². The number of benzene rings is 10. The van der Waals surface area contributed by atoms with E-state index in [9.17, 15) is 0 Å². The third kappa shape index (κ3) is 5.51. The SMILES string of the molecule is c1ccc(-n2c3ccccc3c3ccc(-c4nc(-c5ccc6ccccc6c5)nc(-c5cc(-n6c7ccccc7c7cc8ccccc8cc76)cc6c5oc5ccccc56)n4)cc32)cc1. The first-order chi connectivity index (χ1) is 32.2. The number of rotatable bonds is 5. The van der Waals surface area contributed by atoms with E-state index in [2.05, 4.69) is 209 Å². The van der Waals surface area contributed by atoms with E-state index in [-0.39, 0.29) is 0 Å². The predicted octanol–water partition coefficient (Wildman–Crippen LogP) is 15.3. The molecule has 0 aliphatic carbocycles. The fourth-order valence-corrected chi connectivity index (χ4v) is 10.1. The molecule has 65 heavy (non-hydrogen) atoms. The van der Waals surface area contributed by atoms with Crippen molar-refractivity contribution >= 4 is 87.1 Å². The Labute approximate surface area is 371 Å². The Morgan fingerprint density at radius 3 is 1.62 bits per heavy atom. The van der Waals surface area contributed by atoms with Crippen LogP contribution in [0.15, 0.2) is 217 Å². The first-order valence-corrected chi connectivity index (χ1v) is 21.9. The van der Waals surface area contributed by atoms with E-state index in [1.54, 1.807) is 0 Å². The molecule has 10 aromatic carbocycles. The smallest absolute Gasteiger partial charge is 0.167 e. The Morgan fingerprint density at radius 1 is 0.308 bits per heavy atom.